The smallest absolute Gasteiger partial charge is 0.229 e. The Morgan fingerprint density at radius 2 is 2.16 bits per heavy atom. The van der Waals surface area contributed by atoms with Crippen LogP contribution in [0.4, 0.5) is 5.13 Å². The molecule has 2 aliphatic rings. The summed E-state index contributed by atoms with van der Waals surface area (Å²) in [5.74, 6) is 1.33. The summed E-state index contributed by atoms with van der Waals surface area (Å²) < 4.78 is 11.7. The van der Waals surface area contributed by atoms with Gasteiger partial charge in [0.15, 0.2) is 5.13 Å². The third kappa shape index (κ3) is 5.27. The zero-order valence-corrected chi connectivity index (χ0v) is 19.6. The zero-order valence-electron chi connectivity index (χ0n) is 18.8. The van der Waals surface area contributed by atoms with E-state index in [1.165, 1.54) is 33.6 Å². The van der Waals surface area contributed by atoms with Crippen molar-refractivity contribution >= 4 is 22.4 Å². The summed E-state index contributed by atoms with van der Waals surface area (Å²) >= 11 is 1.46. The number of carbonyl (C=O) groups is 1. The second kappa shape index (κ2) is 10.1. The second-order valence-corrected chi connectivity index (χ2v) is 9.59. The van der Waals surface area contributed by atoms with Gasteiger partial charge in [0.05, 0.1) is 13.2 Å². The van der Waals surface area contributed by atoms with Crippen LogP contribution in [0.2, 0.25) is 0 Å². The number of hydrogen-bond acceptors (Lipinski definition) is 6. The van der Waals surface area contributed by atoms with Crippen molar-refractivity contribution in [1.82, 2.24) is 9.88 Å². The Kier molecular flexibility index (Phi) is 7.25. The van der Waals surface area contributed by atoms with Crippen LogP contribution in [-0.4, -0.2) is 55.2 Å². The molecule has 2 atom stereocenters. The summed E-state index contributed by atoms with van der Waals surface area (Å²) in [6.07, 6.45) is 4.70. The summed E-state index contributed by atoms with van der Waals surface area (Å²) in [6, 6.07) is 2.20. The lowest BCUT2D eigenvalue weighted by molar-refractivity contribution is -0.121. The van der Waals surface area contributed by atoms with Gasteiger partial charge in [-0.05, 0) is 67.3 Å². The molecule has 0 saturated carbocycles. The number of anilines is 1. The maximum atomic E-state index is 12.7. The number of ether oxygens (including phenoxy) is 2. The summed E-state index contributed by atoms with van der Waals surface area (Å²) in [5, 5.41) is 5.53. The summed E-state index contributed by atoms with van der Waals surface area (Å²) in [7, 11) is 0. The van der Waals surface area contributed by atoms with Crippen molar-refractivity contribution in [3.63, 3.8) is 0 Å². The predicted molar refractivity (Wildman–Crippen MR) is 124 cm³/mol. The van der Waals surface area contributed by atoms with Crippen LogP contribution in [0.25, 0.3) is 0 Å². The summed E-state index contributed by atoms with van der Waals surface area (Å²) in [4.78, 5) is 19.3. The van der Waals surface area contributed by atoms with Crippen molar-refractivity contribution in [1.29, 1.82) is 0 Å². The molecule has 1 amide bonds. The van der Waals surface area contributed by atoms with E-state index >= 15 is 0 Å². The molecule has 7 heteroatoms. The minimum Gasteiger partial charge on any atom is -0.492 e. The molecule has 1 aliphatic heterocycles. The normalized spacial score (nSPS) is 20.2. The third-order valence-electron chi connectivity index (χ3n) is 6.79. The Morgan fingerprint density at radius 3 is 2.90 bits per heavy atom. The average Bonchev–Trinajstić information content (AvgIpc) is 3.30. The van der Waals surface area contributed by atoms with E-state index in [2.05, 4.69) is 35.1 Å². The lowest BCUT2D eigenvalue weighted by Gasteiger charge is -2.31. The lowest BCUT2D eigenvalue weighted by Crippen LogP contribution is -2.38. The fraction of sp³-hybridized carbons (Fsp3) is 0.583. The molecule has 31 heavy (non-hydrogen) atoms. The van der Waals surface area contributed by atoms with Gasteiger partial charge in [-0.3, -0.25) is 9.69 Å². The average molecular weight is 444 g/mol. The first kappa shape index (κ1) is 22.2. The first-order valence-electron chi connectivity index (χ1n) is 11.3. The molecule has 6 nitrogen and oxygen atoms in total. The number of amides is 1. The first-order chi connectivity index (χ1) is 15.0. The van der Waals surface area contributed by atoms with Crippen LogP contribution in [0.5, 0.6) is 5.75 Å². The van der Waals surface area contributed by atoms with Gasteiger partial charge in [-0.25, -0.2) is 4.98 Å². The molecule has 4 rings (SSSR count). The van der Waals surface area contributed by atoms with Gasteiger partial charge in [0.2, 0.25) is 5.91 Å². The molecule has 1 aliphatic carbocycles. The molecular formula is C24H33N3O3S. The Bertz CT molecular complexity index is 894. The van der Waals surface area contributed by atoms with Gasteiger partial charge in [-0.1, -0.05) is 6.92 Å². The molecule has 168 valence electrons. The Hall–Kier alpha value is -1.96. The quantitative estimate of drug-likeness (QED) is 0.704. The SMILES string of the molecule is Cc1cc(OCCN2CCOCC2)c(C)c2c1CCC(C(C)C(=O)Nc1nccs1)C2. The number of fused-ring (bicyclic) bond motifs is 1. The van der Waals surface area contributed by atoms with E-state index in [1.54, 1.807) is 6.20 Å². The number of nitrogens with zero attached hydrogens (tertiary/aromatic N) is 2. The molecule has 0 bridgehead atoms. The fourth-order valence-electron chi connectivity index (χ4n) is 4.73. The maximum Gasteiger partial charge on any atom is 0.229 e. The monoisotopic (exact) mass is 443 g/mol. The Morgan fingerprint density at radius 1 is 1.35 bits per heavy atom. The van der Waals surface area contributed by atoms with Crippen molar-refractivity contribution in [3.8, 4) is 5.75 Å². The van der Waals surface area contributed by atoms with Crippen LogP contribution in [0.15, 0.2) is 17.6 Å². The van der Waals surface area contributed by atoms with Gasteiger partial charge in [0, 0.05) is 37.1 Å². The van der Waals surface area contributed by atoms with Gasteiger partial charge in [-0.2, -0.15) is 0 Å². The van der Waals surface area contributed by atoms with Gasteiger partial charge in [-0.15, -0.1) is 11.3 Å². The highest BCUT2D eigenvalue weighted by molar-refractivity contribution is 7.13. The molecule has 0 spiro atoms. The minimum absolute atomic E-state index is 0.0531. The van der Waals surface area contributed by atoms with Crippen molar-refractivity contribution in [2.75, 3.05) is 44.8 Å². The van der Waals surface area contributed by atoms with Crippen LogP contribution >= 0.6 is 11.3 Å². The third-order valence-corrected chi connectivity index (χ3v) is 7.48. The van der Waals surface area contributed by atoms with E-state index < -0.39 is 0 Å². The van der Waals surface area contributed by atoms with Crippen molar-refractivity contribution in [3.05, 3.63) is 39.9 Å². The van der Waals surface area contributed by atoms with Crippen molar-refractivity contribution in [2.24, 2.45) is 11.8 Å². The number of aromatic nitrogens is 1. The molecule has 0 radical (unpaired) electrons. The number of benzene rings is 1. The van der Waals surface area contributed by atoms with Gasteiger partial charge in [0.25, 0.3) is 0 Å². The number of rotatable bonds is 7. The summed E-state index contributed by atoms with van der Waals surface area (Å²) in [5.41, 5.74) is 5.37. The standard InChI is InChI=1S/C24H33N3O3S/c1-16-14-22(30-12-9-27-7-10-29-11-8-27)18(3)21-15-19(4-5-20(16)21)17(2)23(28)26-24-25-6-13-31-24/h6,13-14,17,19H,4-5,7-12,15H2,1-3H3,(H,25,26,28). The van der Waals surface area contributed by atoms with Crippen molar-refractivity contribution in [2.45, 2.75) is 40.0 Å². The van der Waals surface area contributed by atoms with E-state index in [1.807, 2.05) is 12.3 Å². The summed E-state index contributed by atoms with van der Waals surface area (Å²) in [6.45, 7) is 11.6. The van der Waals surface area contributed by atoms with E-state index in [9.17, 15) is 4.79 Å². The predicted octanol–water partition coefficient (Wildman–Crippen LogP) is 3.85. The largest absolute Gasteiger partial charge is 0.492 e. The van der Waals surface area contributed by atoms with Gasteiger partial charge in [0.1, 0.15) is 12.4 Å². The van der Waals surface area contributed by atoms with Crippen LogP contribution in [-0.2, 0) is 22.4 Å². The topological polar surface area (TPSA) is 63.7 Å². The first-order valence-corrected chi connectivity index (χ1v) is 12.2. The molecular weight excluding hydrogens is 410 g/mol. The molecule has 2 unspecified atom stereocenters. The van der Waals surface area contributed by atoms with Crippen LogP contribution in [0.1, 0.15) is 35.6 Å². The van der Waals surface area contributed by atoms with E-state index in [0.717, 1.165) is 57.9 Å². The zero-order chi connectivity index (χ0) is 21.8. The molecule has 1 aromatic heterocycles. The molecule has 1 saturated heterocycles. The highest BCUT2D eigenvalue weighted by Gasteiger charge is 2.30. The Labute approximate surface area is 189 Å². The number of morpholine rings is 1. The van der Waals surface area contributed by atoms with Crippen LogP contribution in [0.3, 0.4) is 0 Å². The Balaban J connectivity index is 1.41. The van der Waals surface area contributed by atoms with E-state index in [4.69, 9.17) is 9.47 Å². The van der Waals surface area contributed by atoms with Crippen LogP contribution < -0.4 is 10.1 Å². The second-order valence-electron chi connectivity index (χ2n) is 8.69. The molecule has 2 heterocycles. The lowest BCUT2D eigenvalue weighted by atomic mass is 9.75. The van der Waals surface area contributed by atoms with Gasteiger partial charge >= 0.3 is 0 Å². The van der Waals surface area contributed by atoms with Gasteiger partial charge < -0.3 is 14.8 Å². The number of thiazole rings is 1. The number of carbonyl (C=O) groups excluding carboxylic acids is 1. The number of aryl methyl sites for hydroxylation is 1. The van der Waals surface area contributed by atoms with E-state index in [-0.39, 0.29) is 11.8 Å². The number of nitrogens with one attached hydrogen (secondary N) is 1. The van der Waals surface area contributed by atoms with Crippen molar-refractivity contribution < 1.29 is 14.3 Å². The minimum atomic E-state index is -0.0531. The molecule has 2 aromatic rings. The maximum absolute atomic E-state index is 12.7. The molecule has 1 fully saturated rings. The van der Waals surface area contributed by atoms with E-state index in [0.29, 0.717) is 17.7 Å². The molecule has 1 N–H and O–H groups in total. The number of hydrogen-bond donors (Lipinski definition) is 1. The fourth-order valence-corrected chi connectivity index (χ4v) is 5.26. The van der Waals surface area contributed by atoms with Crippen LogP contribution in [0, 0.1) is 25.7 Å². The highest BCUT2D eigenvalue weighted by atomic mass is 32.1. The highest BCUT2D eigenvalue weighted by Crippen LogP contribution is 2.38. The molecule has 1 aromatic carbocycles.